The number of rotatable bonds is 7. The number of nitrogens with one attached hydrogen (secondary N) is 1. The Morgan fingerprint density at radius 1 is 1.13 bits per heavy atom. The fourth-order valence-electron chi connectivity index (χ4n) is 4.78. The zero-order valence-electron chi connectivity index (χ0n) is 23.1. The van der Waals surface area contributed by atoms with Crippen LogP contribution in [0.1, 0.15) is 50.2 Å². The SMILES string of the molecule is C=C/C=C(\C=C)[C@H](C)OC(=O)C1=C(C)NC2=C(C1)C(=O)C[C@H](c1ccccc1OC)C2.Cc1cccc(O)c1. The van der Waals surface area contributed by atoms with Crippen molar-refractivity contribution < 1.29 is 24.2 Å². The highest BCUT2D eigenvalue weighted by atomic mass is 16.5. The number of phenols is 1. The minimum Gasteiger partial charge on any atom is -0.508 e. The first-order valence-electron chi connectivity index (χ1n) is 12.9. The van der Waals surface area contributed by atoms with E-state index in [9.17, 15) is 9.59 Å². The molecule has 1 heterocycles. The summed E-state index contributed by atoms with van der Waals surface area (Å²) < 4.78 is 11.1. The summed E-state index contributed by atoms with van der Waals surface area (Å²) in [5, 5.41) is 12.1. The van der Waals surface area contributed by atoms with Crippen LogP contribution in [0.5, 0.6) is 11.5 Å². The maximum Gasteiger partial charge on any atom is 0.336 e. The van der Waals surface area contributed by atoms with E-state index in [0.29, 0.717) is 29.7 Å². The number of carbonyl (C=O) groups excluding carboxylic acids is 2. The van der Waals surface area contributed by atoms with Crippen LogP contribution in [0.3, 0.4) is 0 Å². The first kappa shape index (κ1) is 29.2. The van der Waals surface area contributed by atoms with E-state index in [-0.39, 0.29) is 18.1 Å². The molecular formula is C33H37NO5. The number of phenolic OH excluding ortho intramolecular Hbond substituents is 1. The van der Waals surface area contributed by atoms with Crippen molar-refractivity contribution in [3.63, 3.8) is 0 Å². The number of dihydropyridines is 1. The molecule has 0 spiro atoms. The molecule has 0 saturated heterocycles. The molecule has 2 aromatic rings. The smallest absolute Gasteiger partial charge is 0.336 e. The van der Waals surface area contributed by atoms with Gasteiger partial charge in [-0.05, 0) is 62.1 Å². The van der Waals surface area contributed by atoms with E-state index in [1.165, 1.54) is 0 Å². The number of para-hydroxylation sites is 1. The Bertz CT molecular complexity index is 1330. The number of ketones is 1. The Balaban J connectivity index is 0.000000449. The van der Waals surface area contributed by atoms with Crippen LogP contribution in [0, 0.1) is 6.92 Å². The molecule has 2 aliphatic rings. The average molecular weight is 528 g/mol. The van der Waals surface area contributed by atoms with Crippen LogP contribution in [0.2, 0.25) is 0 Å². The molecule has 0 saturated carbocycles. The quantitative estimate of drug-likeness (QED) is 0.312. The molecule has 0 bridgehead atoms. The summed E-state index contributed by atoms with van der Waals surface area (Å²) in [4.78, 5) is 25.8. The molecule has 0 unspecified atom stereocenters. The topological polar surface area (TPSA) is 84.9 Å². The number of aromatic hydroxyl groups is 1. The lowest BCUT2D eigenvalue weighted by molar-refractivity contribution is -0.142. The minimum atomic E-state index is -0.462. The summed E-state index contributed by atoms with van der Waals surface area (Å²) in [6.45, 7) is 13.0. The van der Waals surface area contributed by atoms with Crippen molar-refractivity contribution in [3.05, 3.63) is 119 Å². The number of esters is 1. The highest BCUT2D eigenvalue weighted by Gasteiger charge is 2.35. The Morgan fingerprint density at radius 2 is 1.87 bits per heavy atom. The van der Waals surface area contributed by atoms with Crippen molar-refractivity contribution in [2.45, 2.75) is 52.1 Å². The summed E-state index contributed by atoms with van der Waals surface area (Å²) in [7, 11) is 1.64. The molecule has 0 fully saturated rings. The van der Waals surface area contributed by atoms with Crippen LogP contribution in [0.15, 0.2) is 108 Å². The van der Waals surface area contributed by atoms with E-state index in [0.717, 1.165) is 33.8 Å². The van der Waals surface area contributed by atoms with Gasteiger partial charge in [-0.15, -0.1) is 0 Å². The molecule has 6 heteroatoms. The standard InChI is InChI=1S/C26H29NO4.C7H8O/c1-6-10-18(7-2)17(4)31-26(29)21-15-22-23(27-16(21)3)13-19(14-24(22)28)20-11-8-9-12-25(20)30-5;1-6-3-2-4-7(8)5-6/h6-12,17,19,27H,1-2,13-15H2,3-5H3;2-5,8H,1H3/b18-10+;/t17-,19+;/m0./s1. The second kappa shape index (κ2) is 13.5. The number of carbonyl (C=O) groups is 2. The summed E-state index contributed by atoms with van der Waals surface area (Å²) in [5.41, 5.74) is 5.63. The van der Waals surface area contributed by atoms with Gasteiger partial charge in [-0.3, -0.25) is 4.79 Å². The number of hydrogen-bond donors (Lipinski definition) is 2. The predicted octanol–water partition coefficient (Wildman–Crippen LogP) is 6.59. The van der Waals surface area contributed by atoms with Crippen molar-refractivity contribution in [1.29, 1.82) is 0 Å². The van der Waals surface area contributed by atoms with Gasteiger partial charge in [0.25, 0.3) is 0 Å². The Labute approximate surface area is 231 Å². The zero-order chi connectivity index (χ0) is 28.5. The molecule has 2 atom stereocenters. The van der Waals surface area contributed by atoms with Crippen LogP contribution < -0.4 is 10.1 Å². The molecule has 4 rings (SSSR count). The third-order valence-corrected chi connectivity index (χ3v) is 6.85. The number of aryl methyl sites for hydroxylation is 1. The molecule has 2 aromatic carbocycles. The third-order valence-electron chi connectivity index (χ3n) is 6.85. The molecule has 1 aliphatic heterocycles. The molecule has 2 N–H and O–H groups in total. The van der Waals surface area contributed by atoms with Crippen molar-refractivity contribution in [1.82, 2.24) is 5.32 Å². The van der Waals surface area contributed by atoms with Gasteiger partial charge in [0.1, 0.15) is 17.6 Å². The van der Waals surface area contributed by atoms with E-state index < -0.39 is 12.1 Å². The van der Waals surface area contributed by atoms with Crippen LogP contribution in [-0.4, -0.2) is 30.1 Å². The van der Waals surface area contributed by atoms with Gasteiger partial charge in [0.05, 0.1) is 12.7 Å². The van der Waals surface area contributed by atoms with Crippen molar-refractivity contribution in [3.8, 4) is 11.5 Å². The maximum absolute atomic E-state index is 13.0. The lowest BCUT2D eigenvalue weighted by Crippen LogP contribution is -2.32. The summed E-state index contributed by atoms with van der Waals surface area (Å²) in [5.74, 6) is 0.783. The van der Waals surface area contributed by atoms with Gasteiger partial charge in [0.15, 0.2) is 5.78 Å². The maximum atomic E-state index is 13.0. The van der Waals surface area contributed by atoms with E-state index in [1.807, 2.05) is 50.2 Å². The third kappa shape index (κ3) is 7.38. The molecule has 0 amide bonds. The molecule has 0 radical (unpaired) electrons. The van der Waals surface area contributed by atoms with Gasteiger partial charge < -0.3 is 19.9 Å². The second-order valence-corrected chi connectivity index (χ2v) is 9.63. The summed E-state index contributed by atoms with van der Waals surface area (Å²) >= 11 is 0. The summed E-state index contributed by atoms with van der Waals surface area (Å²) in [6.07, 6.45) is 5.94. The minimum absolute atomic E-state index is 0.0374. The highest BCUT2D eigenvalue weighted by Crippen LogP contribution is 2.41. The van der Waals surface area contributed by atoms with E-state index >= 15 is 0 Å². The second-order valence-electron chi connectivity index (χ2n) is 9.63. The molecular weight excluding hydrogens is 490 g/mol. The first-order valence-corrected chi connectivity index (χ1v) is 12.9. The number of allylic oxidation sites excluding steroid dienone is 5. The highest BCUT2D eigenvalue weighted by molar-refractivity contribution is 6.01. The number of Topliss-reactive ketones (excluding diaryl/α,β-unsaturated/α-hetero) is 1. The van der Waals surface area contributed by atoms with Crippen molar-refractivity contribution in [2.75, 3.05) is 7.11 Å². The van der Waals surface area contributed by atoms with Gasteiger partial charge in [0.2, 0.25) is 0 Å². The van der Waals surface area contributed by atoms with Gasteiger partial charge in [0, 0.05) is 35.7 Å². The Kier molecular flexibility index (Phi) is 10.1. The van der Waals surface area contributed by atoms with Gasteiger partial charge in [-0.2, -0.15) is 0 Å². The fourth-order valence-corrected chi connectivity index (χ4v) is 4.78. The monoisotopic (exact) mass is 527 g/mol. The van der Waals surface area contributed by atoms with Gasteiger partial charge >= 0.3 is 5.97 Å². The van der Waals surface area contributed by atoms with Crippen LogP contribution >= 0.6 is 0 Å². The normalized spacial score (nSPS) is 17.7. The lowest BCUT2D eigenvalue weighted by Gasteiger charge is -2.32. The first-order chi connectivity index (χ1) is 18.7. The van der Waals surface area contributed by atoms with E-state index in [2.05, 4.69) is 18.5 Å². The number of ether oxygens (including phenoxy) is 2. The van der Waals surface area contributed by atoms with Crippen LogP contribution in [0.25, 0.3) is 0 Å². The molecule has 6 nitrogen and oxygen atoms in total. The van der Waals surface area contributed by atoms with Crippen LogP contribution in [0.4, 0.5) is 0 Å². The largest absolute Gasteiger partial charge is 0.508 e. The fraction of sp³-hybridized carbons (Fsp3) is 0.273. The molecule has 0 aromatic heterocycles. The molecule has 1 aliphatic carbocycles. The Morgan fingerprint density at radius 3 is 2.49 bits per heavy atom. The molecule has 204 valence electrons. The van der Waals surface area contributed by atoms with Crippen molar-refractivity contribution >= 4 is 11.8 Å². The van der Waals surface area contributed by atoms with Crippen LogP contribution in [-0.2, 0) is 14.3 Å². The summed E-state index contributed by atoms with van der Waals surface area (Å²) in [6, 6.07) is 14.9. The van der Waals surface area contributed by atoms with E-state index in [1.54, 1.807) is 44.4 Å². The molecule has 39 heavy (non-hydrogen) atoms. The van der Waals surface area contributed by atoms with Crippen molar-refractivity contribution in [2.24, 2.45) is 0 Å². The average Bonchev–Trinajstić information content (AvgIpc) is 2.91. The predicted molar refractivity (Wildman–Crippen MR) is 154 cm³/mol. The lowest BCUT2D eigenvalue weighted by atomic mass is 9.78. The Hall–Kier alpha value is -4.32. The zero-order valence-corrected chi connectivity index (χ0v) is 23.1. The van der Waals surface area contributed by atoms with Gasteiger partial charge in [-0.1, -0.05) is 61.7 Å². The number of hydrogen-bond acceptors (Lipinski definition) is 6. The number of methoxy groups -OCH3 is 1. The number of benzene rings is 2. The van der Waals surface area contributed by atoms with E-state index in [4.69, 9.17) is 14.6 Å². The van der Waals surface area contributed by atoms with Gasteiger partial charge in [-0.25, -0.2) is 4.79 Å².